The molecule has 2 aromatic carbocycles. The number of aromatic nitrogens is 3. The zero-order chi connectivity index (χ0) is 22.8. The summed E-state index contributed by atoms with van der Waals surface area (Å²) in [5.74, 6) is 1.49. The highest BCUT2D eigenvalue weighted by Crippen LogP contribution is 2.38. The van der Waals surface area contributed by atoms with Crippen molar-refractivity contribution in [2.45, 2.75) is 45.4 Å². The van der Waals surface area contributed by atoms with Gasteiger partial charge in [0, 0.05) is 34.8 Å². The number of thiazole rings is 1. The molecule has 0 bridgehead atoms. The third-order valence-electron chi connectivity index (χ3n) is 5.65. The molecule has 1 aliphatic rings. The zero-order valence-electron chi connectivity index (χ0n) is 18.4. The van der Waals surface area contributed by atoms with E-state index in [1.54, 1.807) is 23.5 Å². The van der Waals surface area contributed by atoms with Gasteiger partial charge in [0.1, 0.15) is 11.8 Å². The van der Waals surface area contributed by atoms with Crippen molar-refractivity contribution < 1.29 is 9.26 Å². The lowest BCUT2D eigenvalue weighted by Gasteiger charge is -2.13. The molecule has 1 atom stereocenters. The molecule has 4 aromatic rings. The van der Waals surface area contributed by atoms with Gasteiger partial charge in [0.2, 0.25) is 5.82 Å². The van der Waals surface area contributed by atoms with Crippen LogP contribution in [0.3, 0.4) is 0 Å². The molecule has 0 saturated heterocycles. The third-order valence-corrected chi connectivity index (χ3v) is 6.43. The first-order valence-electron chi connectivity index (χ1n) is 10.9. The van der Waals surface area contributed by atoms with Gasteiger partial charge in [-0.1, -0.05) is 23.4 Å². The van der Waals surface area contributed by atoms with E-state index < -0.39 is 0 Å². The molecule has 33 heavy (non-hydrogen) atoms. The monoisotopic (exact) mass is 457 g/mol. The van der Waals surface area contributed by atoms with E-state index in [1.165, 1.54) is 16.0 Å². The molecule has 2 aromatic heterocycles. The summed E-state index contributed by atoms with van der Waals surface area (Å²) in [4.78, 5) is 10.0. The first kappa shape index (κ1) is 21.3. The van der Waals surface area contributed by atoms with Crippen LogP contribution < -0.4 is 10.1 Å². The van der Waals surface area contributed by atoms with Gasteiger partial charge in [0.25, 0.3) is 5.89 Å². The lowest BCUT2D eigenvalue weighted by atomic mass is 10.0. The van der Waals surface area contributed by atoms with E-state index in [0.29, 0.717) is 34.6 Å². The Morgan fingerprint density at radius 2 is 2.21 bits per heavy atom. The van der Waals surface area contributed by atoms with E-state index in [0.717, 1.165) is 24.9 Å². The van der Waals surface area contributed by atoms with Crippen LogP contribution in [0.15, 0.2) is 52.6 Å². The summed E-state index contributed by atoms with van der Waals surface area (Å²) < 4.78 is 11.3. The van der Waals surface area contributed by atoms with E-state index >= 15 is 0 Å². The van der Waals surface area contributed by atoms with Gasteiger partial charge >= 0.3 is 0 Å². The van der Waals surface area contributed by atoms with Crippen LogP contribution in [-0.4, -0.2) is 21.2 Å². The highest BCUT2D eigenvalue weighted by atomic mass is 32.1. The lowest BCUT2D eigenvalue weighted by molar-refractivity contribution is 0.241. The Kier molecular flexibility index (Phi) is 5.90. The van der Waals surface area contributed by atoms with Crippen molar-refractivity contribution >= 4 is 11.3 Å². The fourth-order valence-electron chi connectivity index (χ4n) is 4.19. The molecule has 7 nitrogen and oxygen atoms in total. The molecule has 1 aliphatic carbocycles. The van der Waals surface area contributed by atoms with E-state index in [9.17, 15) is 5.26 Å². The van der Waals surface area contributed by atoms with Crippen molar-refractivity contribution in [1.82, 2.24) is 20.4 Å². The van der Waals surface area contributed by atoms with E-state index in [4.69, 9.17) is 9.26 Å². The summed E-state index contributed by atoms with van der Waals surface area (Å²) >= 11 is 1.66. The number of nitrogens with zero attached hydrogens (tertiary/aromatic N) is 4. The highest BCUT2D eigenvalue weighted by molar-refractivity contribution is 7.09. The SMILES string of the molecule is CC(C)Oc1ccc(-c2nc(-c3cccc4c3CCC4NCc3cncs3)no2)cc1C#N. The van der Waals surface area contributed by atoms with Crippen molar-refractivity contribution in [3.05, 3.63) is 69.7 Å². The molecular weight excluding hydrogens is 434 g/mol. The van der Waals surface area contributed by atoms with Crippen LogP contribution in [0.1, 0.15) is 47.9 Å². The number of hydrogen-bond donors (Lipinski definition) is 1. The second kappa shape index (κ2) is 9.14. The molecule has 1 N–H and O–H groups in total. The Morgan fingerprint density at radius 1 is 1.30 bits per heavy atom. The minimum atomic E-state index is -0.0153. The predicted octanol–water partition coefficient (Wildman–Crippen LogP) is 5.30. The Bertz CT molecular complexity index is 1310. The number of nitriles is 1. The molecule has 0 spiro atoms. The van der Waals surface area contributed by atoms with Crippen LogP contribution in [0.2, 0.25) is 0 Å². The summed E-state index contributed by atoms with van der Waals surface area (Å²) in [6.07, 6.45) is 3.87. The van der Waals surface area contributed by atoms with Crippen molar-refractivity contribution in [1.29, 1.82) is 5.26 Å². The topological polar surface area (TPSA) is 96.9 Å². The summed E-state index contributed by atoms with van der Waals surface area (Å²) in [6, 6.07) is 14.1. The maximum absolute atomic E-state index is 9.52. The molecule has 0 amide bonds. The van der Waals surface area contributed by atoms with Gasteiger partial charge in [-0.25, -0.2) is 0 Å². The molecule has 8 heteroatoms. The standard InChI is InChI=1S/C25H23N5O2S/c1-15(2)31-23-9-6-16(10-17(23)11-26)25-29-24(30-32-25)21-5-3-4-20-19(21)7-8-22(20)28-13-18-12-27-14-33-18/h3-6,9-10,12,14-15,22,28H,7-8,13H2,1-2H3. The van der Waals surface area contributed by atoms with Crippen molar-refractivity contribution in [3.63, 3.8) is 0 Å². The molecule has 0 radical (unpaired) electrons. The van der Waals surface area contributed by atoms with Gasteiger partial charge in [-0.15, -0.1) is 11.3 Å². The van der Waals surface area contributed by atoms with E-state index in [-0.39, 0.29) is 6.10 Å². The molecule has 0 saturated carbocycles. The summed E-state index contributed by atoms with van der Waals surface area (Å²) in [7, 11) is 0. The largest absolute Gasteiger partial charge is 0.490 e. The molecule has 166 valence electrons. The van der Waals surface area contributed by atoms with Gasteiger partial charge in [0.15, 0.2) is 0 Å². The van der Waals surface area contributed by atoms with Crippen LogP contribution in [0.4, 0.5) is 0 Å². The van der Waals surface area contributed by atoms with Crippen LogP contribution in [-0.2, 0) is 13.0 Å². The number of nitrogens with one attached hydrogen (secondary N) is 1. The van der Waals surface area contributed by atoms with Gasteiger partial charge in [-0.05, 0) is 56.0 Å². The third kappa shape index (κ3) is 4.38. The Balaban J connectivity index is 1.39. The number of benzene rings is 2. The van der Waals surface area contributed by atoms with Gasteiger partial charge in [0.05, 0.1) is 17.2 Å². The average Bonchev–Trinajstić information content (AvgIpc) is 3.58. The van der Waals surface area contributed by atoms with Crippen LogP contribution in [0, 0.1) is 11.3 Å². The zero-order valence-corrected chi connectivity index (χ0v) is 19.2. The van der Waals surface area contributed by atoms with Crippen LogP contribution >= 0.6 is 11.3 Å². The number of hydrogen-bond acceptors (Lipinski definition) is 8. The second-order valence-corrected chi connectivity index (χ2v) is 9.20. The molecule has 0 aliphatic heterocycles. The first-order valence-corrected chi connectivity index (χ1v) is 11.8. The minimum absolute atomic E-state index is 0.0153. The van der Waals surface area contributed by atoms with Gasteiger partial charge < -0.3 is 14.6 Å². The highest BCUT2D eigenvalue weighted by Gasteiger charge is 2.26. The Morgan fingerprint density at radius 3 is 3.00 bits per heavy atom. The number of ether oxygens (including phenoxy) is 1. The molecule has 0 fully saturated rings. The van der Waals surface area contributed by atoms with Gasteiger partial charge in [-0.3, -0.25) is 4.98 Å². The molecule has 5 rings (SSSR count). The molecule has 1 unspecified atom stereocenters. The summed E-state index contributed by atoms with van der Waals surface area (Å²) in [5, 5.41) is 17.4. The fraction of sp³-hybridized carbons (Fsp3) is 0.280. The Labute approximate surface area is 196 Å². The summed E-state index contributed by atoms with van der Waals surface area (Å²) in [6.45, 7) is 4.66. The Hall–Kier alpha value is -3.54. The number of fused-ring (bicyclic) bond motifs is 1. The maximum atomic E-state index is 9.52. The molecule has 2 heterocycles. The van der Waals surface area contributed by atoms with Crippen molar-refractivity contribution in [2.24, 2.45) is 0 Å². The first-order chi connectivity index (χ1) is 16.1. The minimum Gasteiger partial charge on any atom is -0.490 e. The van der Waals surface area contributed by atoms with Crippen LogP contribution in [0.25, 0.3) is 22.8 Å². The smallest absolute Gasteiger partial charge is 0.258 e. The number of rotatable bonds is 7. The quantitative estimate of drug-likeness (QED) is 0.402. The normalized spacial score (nSPS) is 14.9. The fourth-order valence-corrected chi connectivity index (χ4v) is 4.73. The van der Waals surface area contributed by atoms with Crippen molar-refractivity contribution in [3.8, 4) is 34.7 Å². The second-order valence-electron chi connectivity index (χ2n) is 8.23. The van der Waals surface area contributed by atoms with Gasteiger partial charge in [-0.2, -0.15) is 10.2 Å². The summed E-state index contributed by atoms with van der Waals surface area (Å²) in [5.41, 5.74) is 6.52. The lowest BCUT2D eigenvalue weighted by Crippen LogP contribution is -2.18. The predicted molar refractivity (Wildman–Crippen MR) is 126 cm³/mol. The van der Waals surface area contributed by atoms with E-state index in [1.807, 2.05) is 43.8 Å². The molecular formula is C25H23N5O2S. The maximum Gasteiger partial charge on any atom is 0.258 e. The average molecular weight is 458 g/mol. The van der Waals surface area contributed by atoms with Crippen LogP contribution in [0.5, 0.6) is 5.75 Å². The van der Waals surface area contributed by atoms with Crippen molar-refractivity contribution in [2.75, 3.05) is 0 Å². The van der Waals surface area contributed by atoms with E-state index in [2.05, 4.69) is 32.6 Å².